The summed E-state index contributed by atoms with van der Waals surface area (Å²) in [6.45, 7) is 0. The quantitative estimate of drug-likeness (QED) is 0.198. The van der Waals surface area contributed by atoms with Crippen molar-refractivity contribution in [1.82, 2.24) is 0 Å². The predicted molar refractivity (Wildman–Crippen MR) is 114 cm³/mol. The molecule has 0 bridgehead atoms. The molecule has 4 atom stereocenters. The Morgan fingerprint density at radius 1 is 0.941 bits per heavy atom. The zero-order valence-corrected chi connectivity index (χ0v) is 17.6. The van der Waals surface area contributed by atoms with Crippen molar-refractivity contribution >= 4 is 24.0 Å². The van der Waals surface area contributed by atoms with Crippen LogP contribution in [0.1, 0.15) is 28.8 Å². The highest BCUT2D eigenvalue weighted by Crippen LogP contribution is 2.34. The zero-order valence-electron chi connectivity index (χ0n) is 17.6. The van der Waals surface area contributed by atoms with Crippen LogP contribution in [-0.4, -0.2) is 72.5 Å². The number of ether oxygens (including phenoxy) is 2. The number of hydrogen-bond donors (Lipinski definition) is 6. The van der Waals surface area contributed by atoms with E-state index in [-0.39, 0.29) is 17.1 Å². The van der Waals surface area contributed by atoms with Gasteiger partial charge in [-0.2, -0.15) is 0 Å². The van der Waals surface area contributed by atoms with E-state index < -0.39 is 60.4 Å². The number of rotatable bonds is 6. The first-order valence-electron chi connectivity index (χ1n) is 10.0. The smallest absolute Gasteiger partial charge is 0.338 e. The number of carbonyl (C=O) groups excluding carboxylic acids is 2. The summed E-state index contributed by atoms with van der Waals surface area (Å²) in [5.74, 6) is -4.46. The number of aliphatic hydroxyl groups is 2. The van der Waals surface area contributed by atoms with Crippen LogP contribution in [0, 0.1) is 0 Å². The van der Waals surface area contributed by atoms with Crippen molar-refractivity contribution in [3.8, 4) is 17.2 Å². The zero-order chi connectivity index (χ0) is 25.0. The number of carboxylic acids is 1. The monoisotopic (exact) mass is 474 g/mol. The summed E-state index contributed by atoms with van der Waals surface area (Å²) in [7, 11) is 0. The number of hydrogen-bond acceptors (Lipinski definition) is 10. The minimum Gasteiger partial charge on any atom is -0.508 e. The van der Waals surface area contributed by atoms with Gasteiger partial charge in [-0.25, -0.2) is 14.4 Å². The first-order chi connectivity index (χ1) is 16.0. The Morgan fingerprint density at radius 3 is 2.24 bits per heavy atom. The molecule has 0 heterocycles. The Kier molecular flexibility index (Phi) is 7.08. The highest BCUT2D eigenvalue weighted by atomic mass is 16.6. The first-order valence-corrected chi connectivity index (χ1v) is 10.0. The van der Waals surface area contributed by atoms with E-state index in [9.17, 15) is 45.0 Å². The Labute approximate surface area is 192 Å². The summed E-state index contributed by atoms with van der Waals surface area (Å²) in [6.07, 6.45) is -3.84. The van der Waals surface area contributed by atoms with Crippen molar-refractivity contribution in [2.75, 3.05) is 0 Å². The second-order valence-corrected chi connectivity index (χ2v) is 7.79. The summed E-state index contributed by atoms with van der Waals surface area (Å²) in [4.78, 5) is 36.4. The van der Waals surface area contributed by atoms with Crippen LogP contribution in [0.5, 0.6) is 17.2 Å². The summed E-state index contributed by atoms with van der Waals surface area (Å²) in [6, 6.07) is 8.77. The van der Waals surface area contributed by atoms with Gasteiger partial charge in [-0.15, -0.1) is 0 Å². The minimum absolute atomic E-state index is 0.0150. The van der Waals surface area contributed by atoms with E-state index in [4.69, 9.17) is 9.47 Å². The number of carbonyl (C=O) groups is 3. The van der Waals surface area contributed by atoms with E-state index >= 15 is 0 Å². The molecule has 0 unspecified atom stereocenters. The van der Waals surface area contributed by atoms with Gasteiger partial charge < -0.3 is 40.1 Å². The van der Waals surface area contributed by atoms with Crippen LogP contribution < -0.4 is 0 Å². The molecule has 0 aliphatic heterocycles. The molecule has 6 N–H and O–H groups in total. The summed E-state index contributed by atoms with van der Waals surface area (Å²) in [5.41, 5.74) is -2.09. The Morgan fingerprint density at radius 2 is 1.62 bits per heavy atom. The summed E-state index contributed by atoms with van der Waals surface area (Å²) < 4.78 is 10.5. The number of benzene rings is 2. The highest BCUT2D eigenvalue weighted by Gasteiger charge is 2.52. The molecule has 1 aliphatic rings. The van der Waals surface area contributed by atoms with E-state index in [1.165, 1.54) is 48.5 Å². The molecule has 0 saturated heterocycles. The normalized spacial score (nSPS) is 24.5. The first kappa shape index (κ1) is 24.6. The lowest BCUT2D eigenvalue weighted by molar-refractivity contribution is -0.196. The van der Waals surface area contributed by atoms with Gasteiger partial charge in [-0.05, 0) is 48.0 Å². The maximum absolute atomic E-state index is 12.5. The Balaban J connectivity index is 1.79. The van der Waals surface area contributed by atoms with Gasteiger partial charge in [-0.3, -0.25) is 0 Å². The Bertz CT molecular complexity index is 1110. The third-order valence-electron chi connectivity index (χ3n) is 5.25. The van der Waals surface area contributed by atoms with Gasteiger partial charge in [0.15, 0.2) is 23.2 Å². The van der Waals surface area contributed by atoms with Crippen molar-refractivity contribution in [3.63, 3.8) is 0 Å². The number of carboxylic acid groups (broad SMARTS) is 1. The molecule has 34 heavy (non-hydrogen) atoms. The lowest BCUT2D eigenvalue weighted by Gasteiger charge is -2.40. The number of phenols is 3. The van der Waals surface area contributed by atoms with Crippen LogP contribution in [0.15, 0.2) is 48.5 Å². The fraction of sp³-hybridized carbons (Fsp3) is 0.261. The molecular formula is C23H22O11. The van der Waals surface area contributed by atoms with Gasteiger partial charge in [0.05, 0.1) is 11.7 Å². The number of aromatic hydroxyl groups is 3. The van der Waals surface area contributed by atoms with Crippen LogP contribution >= 0.6 is 0 Å². The van der Waals surface area contributed by atoms with Crippen LogP contribution in [0.4, 0.5) is 0 Å². The lowest BCUT2D eigenvalue weighted by Crippen LogP contribution is -2.58. The summed E-state index contributed by atoms with van der Waals surface area (Å²) >= 11 is 0. The number of phenolic OH excluding ortho intramolecular Hbond substituents is 3. The fourth-order valence-electron chi connectivity index (χ4n) is 3.47. The molecule has 180 valence electrons. The topological polar surface area (TPSA) is 191 Å². The standard InChI is InChI=1S/C23H22O11/c24-14-5-3-13(4-6-14)21(29)34-20-17(27)10-23(32,22(30)31)11-18(20)33-19(28)8-2-12-1-7-15(25)16(26)9-12/h1-9,17-18,20,24-27,32H,10-11H2,(H,30,31)/b8-2+/t17-,18-,20-,23+/m1/s1. The molecule has 11 nitrogen and oxygen atoms in total. The molecule has 3 rings (SSSR count). The van der Waals surface area contributed by atoms with Gasteiger partial charge >= 0.3 is 17.9 Å². The maximum Gasteiger partial charge on any atom is 0.338 e. The SMILES string of the molecule is O=C(/C=C/c1ccc(O)c(O)c1)O[C@@H]1C[C@](O)(C(=O)O)C[C@@H](O)[C@H]1OC(=O)c1ccc(O)cc1. The number of esters is 2. The van der Waals surface area contributed by atoms with Crippen molar-refractivity contribution in [1.29, 1.82) is 0 Å². The molecule has 0 amide bonds. The average Bonchev–Trinajstić information content (AvgIpc) is 2.77. The van der Waals surface area contributed by atoms with Crippen LogP contribution in [0.2, 0.25) is 0 Å². The molecule has 2 aromatic rings. The molecule has 1 fully saturated rings. The third-order valence-corrected chi connectivity index (χ3v) is 5.25. The molecule has 11 heteroatoms. The highest BCUT2D eigenvalue weighted by molar-refractivity contribution is 5.90. The summed E-state index contributed by atoms with van der Waals surface area (Å²) in [5, 5.41) is 58.4. The van der Waals surface area contributed by atoms with Crippen molar-refractivity contribution < 1.29 is 54.5 Å². The van der Waals surface area contributed by atoms with Crippen molar-refractivity contribution in [2.45, 2.75) is 36.8 Å². The average molecular weight is 474 g/mol. The van der Waals surface area contributed by atoms with Crippen LogP contribution in [-0.2, 0) is 19.1 Å². The molecule has 1 saturated carbocycles. The van der Waals surface area contributed by atoms with Gasteiger partial charge in [0.2, 0.25) is 0 Å². The molecule has 1 aliphatic carbocycles. The maximum atomic E-state index is 12.5. The molecule has 2 aromatic carbocycles. The van der Waals surface area contributed by atoms with Crippen LogP contribution in [0.3, 0.4) is 0 Å². The van der Waals surface area contributed by atoms with E-state index in [0.29, 0.717) is 5.56 Å². The van der Waals surface area contributed by atoms with E-state index in [1.807, 2.05) is 0 Å². The predicted octanol–water partition coefficient (Wildman–Crippen LogP) is 0.924. The van der Waals surface area contributed by atoms with Gasteiger partial charge in [0.1, 0.15) is 11.9 Å². The molecule has 0 radical (unpaired) electrons. The second-order valence-electron chi connectivity index (χ2n) is 7.79. The lowest BCUT2D eigenvalue weighted by atomic mass is 9.79. The van der Waals surface area contributed by atoms with E-state index in [2.05, 4.69) is 0 Å². The van der Waals surface area contributed by atoms with E-state index in [0.717, 1.165) is 6.08 Å². The Hall–Kier alpha value is -4.09. The minimum atomic E-state index is -2.43. The van der Waals surface area contributed by atoms with Gasteiger partial charge in [0, 0.05) is 18.9 Å². The van der Waals surface area contributed by atoms with Crippen molar-refractivity contribution in [3.05, 3.63) is 59.7 Å². The van der Waals surface area contributed by atoms with Crippen LogP contribution in [0.25, 0.3) is 6.08 Å². The van der Waals surface area contributed by atoms with Gasteiger partial charge in [-0.1, -0.05) is 6.07 Å². The van der Waals surface area contributed by atoms with E-state index in [1.54, 1.807) is 0 Å². The third kappa shape index (κ3) is 5.63. The second kappa shape index (κ2) is 9.81. The largest absolute Gasteiger partial charge is 0.508 e. The van der Waals surface area contributed by atoms with Crippen molar-refractivity contribution in [2.24, 2.45) is 0 Å². The number of aliphatic carboxylic acids is 1. The number of aliphatic hydroxyl groups excluding tert-OH is 1. The fourth-order valence-corrected chi connectivity index (χ4v) is 3.47. The van der Waals surface area contributed by atoms with Gasteiger partial charge in [0.25, 0.3) is 0 Å². The molecule has 0 spiro atoms. The molecular weight excluding hydrogens is 452 g/mol. The molecule has 0 aromatic heterocycles.